The number of oxazole rings is 1. The number of rotatable bonds is 8. The first-order valence-corrected chi connectivity index (χ1v) is 13.5. The van der Waals surface area contributed by atoms with Crippen LogP contribution in [0.2, 0.25) is 0 Å². The zero-order chi connectivity index (χ0) is 27.8. The van der Waals surface area contributed by atoms with Crippen LogP contribution in [0.1, 0.15) is 11.1 Å². The van der Waals surface area contributed by atoms with Gasteiger partial charge in [-0.05, 0) is 41.1 Å². The molecule has 10 nitrogen and oxygen atoms in total. The fourth-order valence-electron chi connectivity index (χ4n) is 3.72. The third-order valence-electron chi connectivity index (χ3n) is 5.70. The van der Waals surface area contributed by atoms with Gasteiger partial charge in [0.1, 0.15) is 5.82 Å². The molecule has 0 aliphatic carbocycles. The maximum Gasteiger partial charge on any atom is 0.399 e. The minimum atomic E-state index is -5.75. The van der Waals surface area contributed by atoms with E-state index in [1.165, 1.54) is 42.6 Å². The molecule has 2 aromatic heterocycles. The third-order valence-corrected chi connectivity index (χ3v) is 7.33. The van der Waals surface area contributed by atoms with E-state index in [-0.39, 0.29) is 17.0 Å². The second-order valence-corrected chi connectivity index (χ2v) is 10.8. The van der Waals surface area contributed by atoms with Crippen molar-refractivity contribution < 1.29 is 31.9 Å². The van der Waals surface area contributed by atoms with Crippen LogP contribution in [0.5, 0.6) is 0 Å². The van der Waals surface area contributed by atoms with E-state index in [0.717, 1.165) is 11.6 Å². The van der Waals surface area contributed by atoms with Gasteiger partial charge in [-0.3, -0.25) is 9.46 Å². The van der Waals surface area contributed by atoms with Crippen molar-refractivity contribution >= 4 is 35.2 Å². The lowest BCUT2D eigenvalue weighted by molar-refractivity contribution is 0.0557. The second-order valence-electron chi connectivity index (χ2n) is 8.28. The van der Waals surface area contributed by atoms with Crippen molar-refractivity contribution in [1.82, 2.24) is 25.6 Å². The number of halogens is 4. The van der Waals surface area contributed by atoms with E-state index in [0.29, 0.717) is 28.4 Å². The first-order chi connectivity index (χ1) is 18.5. The van der Waals surface area contributed by atoms with Crippen LogP contribution >= 0.6 is 23.5 Å². The van der Waals surface area contributed by atoms with Gasteiger partial charge in [-0.15, -0.1) is 10.2 Å². The summed E-state index contributed by atoms with van der Waals surface area (Å²) in [5.74, 6) is 0.396. The SMILES string of the molecule is O=P(O)(O)C(F)(F)c1ccc(CN(c2ccc(F)cc2)c2ncc(-c3ccc(-c4nn[nH]n4)cc3)o2)cc1Br. The summed E-state index contributed by atoms with van der Waals surface area (Å²) in [5.41, 5.74) is -2.82. The Morgan fingerprint density at radius 3 is 2.33 bits per heavy atom. The Hall–Kier alpha value is -3.84. The van der Waals surface area contributed by atoms with Crippen molar-refractivity contribution in [3.8, 4) is 22.7 Å². The van der Waals surface area contributed by atoms with Crippen LogP contribution in [0.15, 0.2) is 81.8 Å². The molecule has 0 saturated heterocycles. The molecular weight excluding hydrogens is 604 g/mol. The molecule has 0 bridgehead atoms. The van der Waals surface area contributed by atoms with Gasteiger partial charge in [0.2, 0.25) is 5.82 Å². The van der Waals surface area contributed by atoms with Gasteiger partial charge in [0, 0.05) is 26.9 Å². The summed E-state index contributed by atoms with van der Waals surface area (Å²) < 4.78 is 59.3. The molecule has 5 aromatic rings. The van der Waals surface area contributed by atoms with Gasteiger partial charge in [0.05, 0.1) is 12.7 Å². The van der Waals surface area contributed by atoms with Crippen molar-refractivity contribution in [2.75, 3.05) is 4.90 Å². The Morgan fingerprint density at radius 1 is 1.03 bits per heavy atom. The molecule has 0 radical (unpaired) electrons. The highest BCUT2D eigenvalue weighted by Gasteiger charge is 2.51. The molecule has 0 saturated carbocycles. The Bertz CT molecular complexity index is 1640. The maximum atomic E-state index is 14.3. The van der Waals surface area contributed by atoms with Gasteiger partial charge in [0.25, 0.3) is 0 Å². The van der Waals surface area contributed by atoms with Crippen molar-refractivity contribution in [1.29, 1.82) is 0 Å². The van der Waals surface area contributed by atoms with E-state index in [4.69, 9.17) is 14.2 Å². The quantitative estimate of drug-likeness (QED) is 0.178. The van der Waals surface area contributed by atoms with Gasteiger partial charge < -0.3 is 14.2 Å². The third kappa shape index (κ3) is 5.50. The molecule has 0 spiro atoms. The van der Waals surface area contributed by atoms with Crippen LogP contribution in [-0.2, 0) is 16.8 Å². The number of hydrogen-bond donors (Lipinski definition) is 3. The van der Waals surface area contributed by atoms with Gasteiger partial charge in [-0.25, -0.2) is 9.37 Å². The summed E-state index contributed by atoms with van der Waals surface area (Å²) >= 11 is 3.00. The molecule has 15 heteroatoms. The number of tetrazole rings is 1. The van der Waals surface area contributed by atoms with E-state index in [9.17, 15) is 17.7 Å². The molecule has 0 unspecified atom stereocenters. The Labute approximate surface area is 226 Å². The number of nitrogens with one attached hydrogen (secondary N) is 1. The number of benzene rings is 3. The minimum Gasteiger partial charge on any atom is -0.423 e. The van der Waals surface area contributed by atoms with Crippen LogP contribution in [0.3, 0.4) is 0 Å². The molecule has 0 aliphatic rings. The number of anilines is 2. The lowest BCUT2D eigenvalue weighted by atomic mass is 10.1. The largest absolute Gasteiger partial charge is 0.423 e. The smallest absolute Gasteiger partial charge is 0.399 e. The molecule has 0 fully saturated rings. The first kappa shape index (κ1) is 26.8. The molecule has 0 atom stereocenters. The molecule has 3 N–H and O–H groups in total. The van der Waals surface area contributed by atoms with Crippen LogP contribution < -0.4 is 4.90 Å². The first-order valence-electron chi connectivity index (χ1n) is 11.1. The predicted molar refractivity (Wildman–Crippen MR) is 137 cm³/mol. The van der Waals surface area contributed by atoms with Crippen molar-refractivity contribution in [2.45, 2.75) is 12.2 Å². The zero-order valence-corrected chi connectivity index (χ0v) is 22.0. The van der Waals surface area contributed by atoms with Crippen LogP contribution in [0.4, 0.5) is 24.9 Å². The standard InChI is InChI=1S/C24H17BrF3N6O4P/c25-20-11-14(1-10-19(20)24(27,28)39(35,36)37)13-34(18-8-6-17(26)7-9-18)23-29-12-21(38-23)15-2-4-16(5-3-15)22-30-32-33-31-22/h1-12H,13H2,(H2,35,36,37)(H,30,31,32,33). The van der Waals surface area contributed by atoms with Gasteiger partial charge >= 0.3 is 19.3 Å². The molecule has 39 heavy (non-hydrogen) atoms. The number of nitrogens with zero attached hydrogens (tertiary/aromatic N) is 5. The predicted octanol–water partition coefficient (Wildman–Crippen LogP) is 5.99. The van der Waals surface area contributed by atoms with Crippen molar-refractivity contribution in [3.63, 3.8) is 0 Å². The van der Waals surface area contributed by atoms with E-state index >= 15 is 0 Å². The highest BCUT2D eigenvalue weighted by Crippen LogP contribution is 2.60. The summed E-state index contributed by atoms with van der Waals surface area (Å²) in [4.78, 5) is 24.1. The number of aromatic nitrogens is 5. The monoisotopic (exact) mass is 620 g/mol. The second kappa shape index (κ2) is 10.4. The zero-order valence-electron chi connectivity index (χ0n) is 19.5. The average Bonchev–Trinajstić information content (AvgIpc) is 3.60. The molecule has 0 amide bonds. The number of hydrogen-bond acceptors (Lipinski definition) is 7. The Kier molecular flexibility index (Phi) is 7.12. The summed E-state index contributed by atoms with van der Waals surface area (Å²) in [5, 5.41) is 13.8. The molecule has 3 aromatic carbocycles. The van der Waals surface area contributed by atoms with Crippen LogP contribution in [-0.4, -0.2) is 35.4 Å². The topological polar surface area (TPSA) is 141 Å². The summed E-state index contributed by atoms with van der Waals surface area (Å²) in [6.45, 7) is 0.0444. The van der Waals surface area contributed by atoms with Gasteiger partial charge in [-0.2, -0.15) is 14.0 Å². The Morgan fingerprint density at radius 2 is 1.72 bits per heavy atom. The van der Waals surface area contributed by atoms with E-state index in [1.54, 1.807) is 29.2 Å². The molecular formula is C24H17BrF3N6O4P. The highest BCUT2D eigenvalue weighted by molar-refractivity contribution is 9.10. The molecule has 2 heterocycles. The highest BCUT2D eigenvalue weighted by atomic mass is 79.9. The van der Waals surface area contributed by atoms with E-state index in [2.05, 4.69) is 41.5 Å². The van der Waals surface area contributed by atoms with Gasteiger partial charge in [-0.1, -0.05) is 52.3 Å². The Balaban J connectivity index is 1.46. The summed E-state index contributed by atoms with van der Waals surface area (Å²) in [6, 6.07) is 16.4. The minimum absolute atomic E-state index is 0.0444. The lowest BCUT2D eigenvalue weighted by Gasteiger charge is -2.23. The fourth-order valence-corrected chi connectivity index (χ4v) is 5.06. The fraction of sp³-hybridized carbons (Fsp3) is 0.0833. The molecule has 5 rings (SSSR count). The van der Waals surface area contributed by atoms with Crippen molar-refractivity contribution in [3.05, 3.63) is 94.3 Å². The van der Waals surface area contributed by atoms with Gasteiger partial charge in [0.15, 0.2) is 5.76 Å². The summed E-state index contributed by atoms with van der Waals surface area (Å²) in [6.07, 6.45) is 1.51. The van der Waals surface area contributed by atoms with E-state index in [1.807, 2.05) is 0 Å². The average molecular weight is 621 g/mol. The van der Waals surface area contributed by atoms with E-state index < -0.39 is 24.6 Å². The number of aromatic amines is 1. The summed E-state index contributed by atoms with van der Waals surface area (Å²) in [7, 11) is -5.75. The molecule has 200 valence electrons. The van der Waals surface area contributed by atoms with Crippen LogP contribution in [0.25, 0.3) is 22.7 Å². The van der Waals surface area contributed by atoms with Crippen LogP contribution in [0, 0.1) is 5.82 Å². The molecule has 0 aliphatic heterocycles. The van der Waals surface area contributed by atoms with Crippen molar-refractivity contribution in [2.24, 2.45) is 0 Å². The maximum absolute atomic E-state index is 14.3. The lowest BCUT2D eigenvalue weighted by Crippen LogP contribution is -2.18. The normalized spacial score (nSPS) is 12.1. The number of H-pyrrole nitrogens is 1. The number of alkyl halides is 2.